The van der Waals surface area contributed by atoms with E-state index >= 15 is 0 Å². The van der Waals surface area contributed by atoms with Crippen LogP contribution in [0.2, 0.25) is 0 Å². The molecule has 13 heavy (non-hydrogen) atoms. The largest absolute Gasteiger partial charge is 0.348 e. The van der Waals surface area contributed by atoms with Crippen molar-refractivity contribution in [3.05, 3.63) is 31.1 Å². The molecule has 1 unspecified atom stereocenters. The molecule has 1 N–H and O–H groups in total. The Hall–Kier alpha value is -1.58. The van der Waals surface area contributed by atoms with Crippen LogP contribution in [0.15, 0.2) is 31.1 Å². The van der Waals surface area contributed by atoms with Gasteiger partial charge in [0.25, 0.3) is 0 Å². The first-order valence-electron chi connectivity index (χ1n) is 4.12. The maximum atomic E-state index is 10.9. The molecule has 0 fully saturated rings. The van der Waals surface area contributed by atoms with Gasteiger partial charge in [0.05, 0.1) is 6.54 Å². The van der Waals surface area contributed by atoms with Crippen molar-refractivity contribution < 1.29 is 4.79 Å². The number of nitrogens with one attached hydrogen (secondary N) is 1. The summed E-state index contributed by atoms with van der Waals surface area (Å²) >= 11 is 0. The SMILES string of the molecule is C=CC(=O)NC(C)Cn1cccn1. The maximum absolute atomic E-state index is 10.9. The number of rotatable bonds is 4. The quantitative estimate of drug-likeness (QED) is 0.687. The molecule has 0 bridgehead atoms. The molecule has 70 valence electrons. The highest BCUT2D eigenvalue weighted by Gasteiger charge is 2.04. The van der Waals surface area contributed by atoms with E-state index in [0.29, 0.717) is 6.54 Å². The number of hydrogen-bond acceptors (Lipinski definition) is 2. The molecule has 0 saturated carbocycles. The van der Waals surface area contributed by atoms with Gasteiger partial charge in [0, 0.05) is 18.4 Å². The van der Waals surface area contributed by atoms with Crippen molar-refractivity contribution in [2.45, 2.75) is 19.5 Å². The highest BCUT2D eigenvalue weighted by molar-refractivity contribution is 5.87. The number of amides is 1. The second-order valence-corrected chi connectivity index (χ2v) is 2.84. The molecule has 1 aromatic rings. The molecule has 4 heteroatoms. The van der Waals surface area contributed by atoms with Gasteiger partial charge in [-0.15, -0.1) is 0 Å². The summed E-state index contributed by atoms with van der Waals surface area (Å²) in [6.07, 6.45) is 4.83. The molecule has 1 aromatic heterocycles. The van der Waals surface area contributed by atoms with E-state index in [1.54, 1.807) is 10.9 Å². The van der Waals surface area contributed by atoms with Crippen molar-refractivity contribution in [2.24, 2.45) is 0 Å². The van der Waals surface area contributed by atoms with Gasteiger partial charge in [-0.1, -0.05) is 6.58 Å². The molecule has 0 saturated heterocycles. The van der Waals surface area contributed by atoms with E-state index in [4.69, 9.17) is 0 Å². The van der Waals surface area contributed by atoms with E-state index in [1.165, 1.54) is 6.08 Å². The summed E-state index contributed by atoms with van der Waals surface area (Å²) in [4.78, 5) is 10.9. The van der Waals surface area contributed by atoms with E-state index in [0.717, 1.165) is 0 Å². The van der Waals surface area contributed by atoms with Gasteiger partial charge >= 0.3 is 0 Å². The Kier molecular flexibility index (Phi) is 3.25. The zero-order chi connectivity index (χ0) is 9.68. The third-order valence-corrected chi connectivity index (χ3v) is 1.59. The number of aromatic nitrogens is 2. The van der Waals surface area contributed by atoms with E-state index in [2.05, 4.69) is 17.0 Å². The van der Waals surface area contributed by atoms with Crippen molar-refractivity contribution >= 4 is 5.91 Å². The molecule has 1 rings (SSSR count). The lowest BCUT2D eigenvalue weighted by Gasteiger charge is -2.11. The standard InChI is InChI=1S/C9H13N3O/c1-3-9(13)11-8(2)7-12-6-4-5-10-12/h3-6,8H,1,7H2,2H3,(H,11,13). The fraction of sp³-hybridized carbons (Fsp3) is 0.333. The van der Waals surface area contributed by atoms with Crippen LogP contribution >= 0.6 is 0 Å². The lowest BCUT2D eigenvalue weighted by atomic mass is 10.3. The Morgan fingerprint density at radius 3 is 3.15 bits per heavy atom. The summed E-state index contributed by atoms with van der Waals surface area (Å²) in [5, 5.41) is 6.78. The monoisotopic (exact) mass is 179 g/mol. The summed E-state index contributed by atoms with van der Waals surface area (Å²) in [7, 11) is 0. The predicted molar refractivity (Wildman–Crippen MR) is 50.0 cm³/mol. The Bertz CT molecular complexity index is 279. The molecule has 1 amide bonds. The molecular weight excluding hydrogens is 166 g/mol. The molecule has 0 spiro atoms. The maximum Gasteiger partial charge on any atom is 0.243 e. The molecule has 0 aromatic carbocycles. The average Bonchev–Trinajstić information content (AvgIpc) is 2.56. The van der Waals surface area contributed by atoms with Crippen LogP contribution in [0.4, 0.5) is 0 Å². The van der Waals surface area contributed by atoms with Crippen LogP contribution < -0.4 is 5.32 Å². The molecule has 0 radical (unpaired) electrons. The second-order valence-electron chi connectivity index (χ2n) is 2.84. The smallest absolute Gasteiger partial charge is 0.243 e. The van der Waals surface area contributed by atoms with Gasteiger partial charge in [-0.05, 0) is 19.1 Å². The zero-order valence-corrected chi connectivity index (χ0v) is 7.60. The predicted octanol–water partition coefficient (Wildman–Crippen LogP) is 0.574. The Morgan fingerprint density at radius 2 is 2.62 bits per heavy atom. The van der Waals surface area contributed by atoms with Crippen LogP contribution in [0.5, 0.6) is 0 Å². The fourth-order valence-corrected chi connectivity index (χ4v) is 1.04. The Labute approximate surface area is 77.3 Å². The highest BCUT2D eigenvalue weighted by atomic mass is 16.1. The summed E-state index contributed by atoms with van der Waals surface area (Å²) < 4.78 is 1.77. The highest BCUT2D eigenvalue weighted by Crippen LogP contribution is 1.90. The first kappa shape index (κ1) is 9.51. The minimum absolute atomic E-state index is 0.0606. The Balaban J connectivity index is 2.37. The van der Waals surface area contributed by atoms with Gasteiger partial charge in [0.15, 0.2) is 0 Å². The van der Waals surface area contributed by atoms with E-state index in [1.807, 2.05) is 19.2 Å². The van der Waals surface area contributed by atoms with Crippen LogP contribution in [0.3, 0.4) is 0 Å². The fourth-order valence-electron chi connectivity index (χ4n) is 1.04. The molecule has 0 aliphatic rings. The molecular formula is C9H13N3O. The van der Waals surface area contributed by atoms with Crippen molar-refractivity contribution in [1.82, 2.24) is 15.1 Å². The van der Waals surface area contributed by atoms with Gasteiger partial charge in [-0.25, -0.2) is 0 Å². The van der Waals surface area contributed by atoms with Crippen molar-refractivity contribution in [2.75, 3.05) is 0 Å². The van der Waals surface area contributed by atoms with Crippen LogP contribution in [0.25, 0.3) is 0 Å². The van der Waals surface area contributed by atoms with Gasteiger partial charge < -0.3 is 5.32 Å². The summed E-state index contributed by atoms with van der Waals surface area (Å²) in [5.74, 6) is -0.153. The molecule has 1 atom stereocenters. The minimum Gasteiger partial charge on any atom is -0.348 e. The van der Waals surface area contributed by atoms with Gasteiger partial charge in [0.2, 0.25) is 5.91 Å². The van der Waals surface area contributed by atoms with Crippen molar-refractivity contribution in [1.29, 1.82) is 0 Å². The van der Waals surface area contributed by atoms with E-state index in [-0.39, 0.29) is 11.9 Å². The summed E-state index contributed by atoms with van der Waals surface area (Å²) in [5.41, 5.74) is 0. The lowest BCUT2D eigenvalue weighted by Crippen LogP contribution is -2.34. The first-order chi connectivity index (χ1) is 6.22. The normalized spacial score (nSPS) is 12.1. The topological polar surface area (TPSA) is 46.9 Å². The molecule has 1 heterocycles. The first-order valence-corrected chi connectivity index (χ1v) is 4.12. The minimum atomic E-state index is -0.153. The average molecular weight is 179 g/mol. The van der Waals surface area contributed by atoms with E-state index < -0.39 is 0 Å². The van der Waals surface area contributed by atoms with Crippen LogP contribution in [-0.2, 0) is 11.3 Å². The van der Waals surface area contributed by atoms with Crippen LogP contribution in [0.1, 0.15) is 6.92 Å². The molecule has 0 aliphatic carbocycles. The van der Waals surface area contributed by atoms with Crippen LogP contribution in [0, 0.1) is 0 Å². The number of carbonyl (C=O) groups excluding carboxylic acids is 1. The number of nitrogens with zero attached hydrogens (tertiary/aromatic N) is 2. The van der Waals surface area contributed by atoms with Gasteiger partial charge in [-0.2, -0.15) is 5.10 Å². The van der Waals surface area contributed by atoms with Gasteiger partial charge in [-0.3, -0.25) is 9.48 Å². The van der Waals surface area contributed by atoms with Gasteiger partial charge in [0.1, 0.15) is 0 Å². The zero-order valence-electron chi connectivity index (χ0n) is 7.60. The van der Waals surface area contributed by atoms with Crippen molar-refractivity contribution in [3.63, 3.8) is 0 Å². The lowest BCUT2D eigenvalue weighted by molar-refractivity contribution is -0.117. The van der Waals surface area contributed by atoms with Crippen LogP contribution in [-0.4, -0.2) is 21.7 Å². The number of carbonyl (C=O) groups is 1. The van der Waals surface area contributed by atoms with E-state index in [9.17, 15) is 4.79 Å². The summed E-state index contributed by atoms with van der Waals surface area (Å²) in [6.45, 7) is 5.97. The molecule has 4 nitrogen and oxygen atoms in total. The summed E-state index contributed by atoms with van der Waals surface area (Å²) in [6, 6.07) is 1.91. The third kappa shape index (κ3) is 3.11. The third-order valence-electron chi connectivity index (χ3n) is 1.59. The molecule has 0 aliphatic heterocycles. The second kappa shape index (κ2) is 4.45. The Morgan fingerprint density at radius 1 is 1.85 bits per heavy atom. The van der Waals surface area contributed by atoms with Crippen molar-refractivity contribution in [3.8, 4) is 0 Å². The number of hydrogen-bond donors (Lipinski definition) is 1.